The largest absolute Gasteiger partial charge is 0.355 e. The van der Waals surface area contributed by atoms with Gasteiger partial charge in [0.15, 0.2) is 0 Å². The van der Waals surface area contributed by atoms with E-state index >= 15 is 0 Å². The average Bonchev–Trinajstić information content (AvgIpc) is 3.14. The molecule has 172 valence electrons. The van der Waals surface area contributed by atoms with Crippen LogP contribution in [0.25, 0.3) is 5.69 Å². The second-order valence-electron chi connectivity index (χ2n) is 7.64. The Morgan fingerprint density at radius 3 is 2.52 bits per heavy atom. The number of amides is 3. The molecule has 0 atom stereocenters. The summed E-state index contributed by atoms with van der Waals surface area (Å²) in [6.07, 6.45) is 4.30. The smallest absolute Gasteiger partial charge is 0.318 e. The minimum absolute atomic E-state index is 0.110. The van der Waals surface area contributed by atoms with Crippen LogP contribution >= 0.6 is 0 Å². The molecule has 0 unspecified atom stereocenters. The van der Waals surface area contributed by atoms with Crippen LogP contribution in [0.2, 0.25) is 0 Å². The molecule has 0 aliphatic carbocycles. The minimum Gasteiger partial charge on any atom is -0.355 e. The van der Waals surface area contributed by atoms with Crippen LogP contribution in [-0.4, -0.2) is 69.8 Å². The molecule has 0 bridgehead atoms. The Kier molecular flexibility index (Phi) is 6.67. The molecule has 0 spiro atoms. The number of aromatic nitrogens is 4. The van der Waals surface area contributed by atoms with Crippen LogP contribution in [0.5, 0.6) is 0 Å². The van der Waals surface area contributed by atoms with Crippen LogP contribution < -0.4 is 20.9 Å². The molecule has 3 aromatic rings. The van der Waals surface area contributed by atoms with Gasteiger partial charge in [0.1, 0.15) is 12.1 Å². The average molecular weight is 450 g/mol. The van der Waals surface area contributed by atoms with Crippen molar-refractivity contribution in [3.63, 3.8) is 0 Å². The highest BCUT2D eigenvalue weighted by Crippen LogP contribution is 2.20. The summed E-state index contributed by atoms with van der Waals surface area (Å²) in [6.45, 7) is 4.66. The summed E-state index contributed by atoms with van der Waals surface area (Å²) in [5.74, 6) is 1.41. The van der Waals surface area contributed by atoms with E-state index in [-0.39, 0.29) is 11.9 Å². The van der Waals surface area contributed by atoms with Gasteiger partial charge in [-0.3, -0.25) is 4.79 Å². The lowest BCUT2D eigenvalue weighted by molar-refractivity contribution is -0.128. The lowest BCUT2D eigenvalue weighted by Gasteiger charge is -2.22. The van der Waals surface area contributed by atoms with Crippen LogP contribution in [0.15, 0.2) is 48.9 Å². The molecule has 0 saturated carbocycles. The minimum atomic E-state index is -0.274. The Labute approximate surface area is 191 Å². The van der Waals surface area contributed by atoms with Crippen molar-refractivity contribution in [2.24, 2.45) is 0 Å². The summed E-state index contributed by atoms with van der Waals surface area (Å²) in [6, 6.07) is 10.8. The second-order valence-corrected chi connectivity index (χ2v) is 7.64. The van der Waals surface area contributed by atoms with E-state index in [1.807, 2.05) is 29.2 Å². The van der Waals surface area contributed by atoms with E-state index < -0.39 is 0 Å². The van der Waals surface area contributed by atoms with Gasteiger partial charge in [0, 0.05) is 63.8 Å². The number of carbonyl (C=O) groups is 2. The zero-order valence-corrected chi connectivity index (χ0v) is 18.7. The number of anilines is 4. The summed E-state index contributed by atoms with van der Waals surface area (Å²) in [7, 11) is 1.56. The van der Waals surface area contributed by atoms with E-state index in [0.29, 0.717) is 18.2 Å². The fourth-order valence-electron chi connectivity index (χ4n) is 3.59. The highest BCUT2D eigenvalue weighted by Gasteiger charge is 2.18. The highest BCUT2D eigenvalue weighted by molar-refractivity contribution is 5.89. The van der Waals surface area contributed by atoms with Crippen molar-refractivity contribution in [2.45, 2.75) is 13.3 Å². The van der Waals surface area contributed by atoms with Gasteiger partial charge in [-0.15, -0.1) is 5.10 Å². The Morgan fingerprint density at radius 2 is 1.76 bits per heavy atom. The lowest BCUT2D eigenvalue weighted by atomic mass is 10.3. The molecule has 11 heteroatoms. The van der Waals surface area contributed by atoms with Gasteiger partial charge in [0.25, 0.3) is 0 Å². The number of urea groups is 1. The van der Waals surface area contributed by atoms with E-state index in [0.717, 1.165) is 43.2 Å². The number of hydrogen-bond acceptors (Lipinski definition) is 7. The summed E-state index contributed by atoms with van der Waals surface area (Å²) in [5, 5.41) is 12.9. The monoisotopic (exact) mass is 449 g/mol. The molecule has 11 nitrogen and oxygen atoms in total. The molecule has 2 aromatic heterocycles. The maximum absolute atomic E-state index is 11.7. The van der Waals surface area contributed by atoms with Crippen LogP contribution in [0.4, 0.5) is 27.9 Å². The molecule has 1 fully saturated rings. The van der Waals surface area contributed by atoms with Gasteiger partial charge >= 0.3 is 6.03 Å². The molecule has 1 saturated heterocycles. The predicted octanol–water partition coefficient (Wildman–Crippen LogP) is 2.22. The normalized spacial score (nSPS) is 13.9. The van der Waals surface area contributed by atoms with Crippen molar-refractivity contribution in [3.05, 3.63) is 48.9 Å². The predicted molar refractivity (Wildman–Crippen MR) is 126 cm³/mol. The fraction of sp³-hybridized carbons (Fsp3) is 0.318. The van der Waals surface area contributed by atoms with Crippen molar-refractivity contribution in [3.8, 4) is 5.69 Å². The van der Waals surface area contributed by atoms with Gasteiger partial charge in [-0.1, -0.05) is 0 Å². The molecule has 1 aliphatic rings. The maximum atomic E-state index is 11.7. The Balaban J connectivity index is 1.42. The molecule has 1 aliphatic heterocycles. The highest BCUT2D eigenvalue weighted by atomic mass is 16.2. The van der Waals surface area contributed by atoms with Crippen LogP contribution in [-0.2, 0) is 4.79 Å². The first-order valence-corrected chi connectivity index (χ1v) is 10.8. The number of hydrogen-bond donors (Lipinski definition) is 3. The first-order valence-electron chi connectivity index (χ1n) is 10.8. The summed E-state index contributed by atoms with van der Waals surface area (Å²) in [5.41, 5.74) is 2.33. The van der Waals surface area contributed by atoms with Crippen molar-refractivity contribution in [2.75, 3.05) is 48.8 Å². The third-order valence-electron chi connectivity index (χ3n) is 5.38. The third kappa shape index (κ3) is 5.56. The molecule has 33 heavy (non-hydrogen) atoms. The number of nitrogens with zero attached hydrogens (tertiary/aromatic N) is 6. The summed E-state index contributed by atoms with van der Waals surface area (Å²) in [4.78, 5) is 36.0. The van der Waals surface area contributed by atoms with E-state index in [1.165, 1.54) is 0 Å². The zero-order valence-electron chi connectivity index (χ0n) is 18.7. The van der Waals surface area contributed by atoms with Gasteiger partial charge < -0.3 is 25.8 Å². The lowest BCUT2D eigenvalue weighted by Crippen LogP contribution is -2.33. The first kappa shape index (κ1) is 22.1. The van der Waals surface area contributed by atoms with Gasteiger partial charge in [-0.25, -0.2) is 14.5 Å². The van der Waals surface area contributed by atoms with Gasteiger partial charge in [-0.2, -0.15) is 4.98 Å². The van der Waals surface area contributed by atoms with E-state index in [1.54, 1.807) is 43.3 Å². The summed E-state index contributed by atoms with van der Waals surface area (Å²) < 4.78 is 1.69. The Morgan fingerprint density at radius 1 is 0.970 bits per heavy atom. The van der Waals surface area contributed by atoms with E-state index in [9.17, 15) is 9.59 Å². The zero-order chi connectivity index (χ0) is 23.2. The van der Waals surface area contributed by atoms with Gasteiger partial charge in [0.05, 0.1) is 5.69 Å². The molecule has 1 aromatic carbocycles. The molecule has 3 N–H and O–H groups in total. The van der Waals surface area contributed by atoms with Crippen LogP contribution in [0, 0.1) is 0 Å². The molecule has 4 rings (SSSR count). The molecule has 3 heterocycles. The van der Waals surface area contributed by atoms with E-state index in [4.69, 9.17) is 0 Å². The molecular formula is C22H27N9O2. The fourth-order valence-corrected chi connectivity index (χ4v) is 3.59. The number of benzene rings is 1. The third-order valence-corrected chi connectivity index (χ3v) is 5.38. The molecule has 0 radical (unpaired) electrons. The number of rotatable bonds is 5. The molecule has 3 amide bonds. The Hall–Kier alpha value is -4.15. The summed E-state index contributed by atoms with van der Waals surface area (Å²) >= 11 is 0. The van der Waals surface area contributed by atoms with Crippen molar-refractivity contribution >= 4 is 35.1 Å². The number of nitrogens with one attached hydrogen (secondary N) is 3. The number of carbonyl (C=O) groups excluding carboxylic acids is 2. The first-order chi connectivity index (χ1) is 16.0. The van der Waals surface area contributed by atoms with Crippen molar-refractivity contribution < 1.29 is 9.59 Å². The SMILES string of the molecule is CNC(=O)Nc1ccc(Nc2ncn(-c3ccnc(N4CCCN(C(C)=O)CC4)c3)n2)cc1. The Bertz CT molecular complexity index is 1110. The standard InChI is InChI=1S/C22H27N9O2/c1-16(32)29-10-3-11-30(13-12-29)20-14-19(8-9-24-20)31-15-25-21(28-31)26-17-4-6-18(7-5-17)27-22(33)23-2/h4-9,14-15H,3,10-13H2,1-2H3,(H,26,28)(H2,23,27,33). The van der Waals surface area contributed by atoms with E-state index in [2.05, 4.69) is 35.9 Å². The van der Waals surface area contributed by atoms with Gasteiger partial charge in [-0.05, 0) is 36.8 Å². The van der Waals surface area contributed by atoms with Crippen molar-refractivity contribution in [1.29, 1.82) is 0 Å². The quantitative estimate of drug-likeness (QED) is 0.546. The van der Waals surface area contributed by atoms with Crippen LogP contribution in [0.3, 0.4) is 0 Å². The molecular weight excluding hydrogens is 422 g/mol. The maximum Gasteiger partial charge on any atom is 0.318 e. The second kappa shape index (κ2) is 9.98. The topological polar surface area (TPSA) is 120 Å². The number of pyridine rings is 1. The van der Waals surface area contributed by atoms with Crippen LogP contribution in [0.1, 0.15) is 13.3 Å². The van der Waals surface area contributed by atoms with Crippen molar-refractivity contribution in [1.82, 2.24) is 30.0 Å². The van der Waals surface area contributed by atoms with Gasteiger partial charge in [0.2, 0.25) is 11.9 Å².